The first-order chi connectivity index (χ1) is 19.3. The van der Waals surface area contributed by atoms with E-state index in [1.54, 1.807) is 12.5 Å². The number of hydrogen-bond acceptors (Lipinski definition) is 5. The summed E-state index contributed by atoms with van der Waals surface area (Å²) < 4.78 is 7.85. The van der Waals surface area contributed by atoms with Crippen molar-refractivity contribution in [3.8, 4) is 5.69 Å². The van der Waals surface area contributed by atoms with Crippen molar-refractivity contribution in [2.45, 2.75) is 12.5 Å². The van der Waals surface area contributed by atoms with Crippen LogP contribution in [0.25, 0.3) is 5.69 Å². The molecule has 4 aromatic rings. The minimum absolute atomic E-state index is 0.0301. The number of aromatic nitrogens is 2. The summed E-state index contributed by atoms with van der Waals surface area (Å²) in [6, 6.07) is 28.1. The van der Waals surface area contributed by atoms with Gasteiger partial charge in [-0.25, -0.2) is 4.98 Å². The Morgan fingerprint density at radius 1 is 0.872 bits per heavy atom. The van der Waals surface area contributed by atoms with Crippen LogP contribution in [0.4, 0.5) is 5.69 Å². The van der Waals surface area contributed by atoms with E-state index in [0.29, 0.717) is 13.2 Å². The van der Waals surface area contributed by atoms with Crippen LogP contribution in [0.1, 0.15) is 22.7 Å². The highest BCUT2D eigenvalue weighted by Crippen LogP contribution is 2.31. The van der Waals surface area contributed by atoms with Crippen LogP contribution in [-0.4, -0.2) is 77.7 Å². The largest absolute Gasteiger partial charge is 0.370 e. The zero-order chi connectivity index (χ0) is 26.4. The van der Waals surface area contributed by atoms with Crippen molar-refractivity contribution in [2.24, 2.45) is 0 Å². The van der Waals surface area contributed by atoms with Crippen LogP contribution in [0.5, 0.6) is 0 Å². The molecule has 0 bridgehead atoms. The Balaban J connectivity index is 0.972. The second kappa shape index (κ2) is 11.9. The number of benzene rings is 3. The van der Waals surface area contributed by atoms with Crippen molar-refractivity contribution >= 4 is 11.6 Å². The zero-order valence-corrected chi connectivity index (χ0v) is 22.2. The summed E-state index contributed by atoms with van der Waals surface area (Å²) in [4.78, 5) is 23.9. The number of imidazole rings is 1. The van der Waals surface area contributed by atoms with Gasteiger partial charge in [-0.2, -0.15) is 0 Å². The Kier molecular flexibility index (Phi) is 7.81. The van der Waals surface area contributed by atoms with Crippen LogP contribution >= 0.6 is 0 Å². The van der Waals surface area contributed by atoms with Crippen molar-refractivity contribution in [1.29, 1.82) is 0 Å². The van der Waals surface area contributed by atoms with Crippen molar-refractivity contribution in [3.63, 3.8) is 0 Å². The topological polar surface area (TPSA) is 53.8 Å². The molecule has 0 aliphatic carbocycles. The van der Waals surface area contributed by atoms with Crippen LogP contribution in [0, 0.1) is 0 Å². The van der Waals surface area contributed by atoms with E-state index in [0.717, 1.165) is 50.5 Å². The minimum Gasteiger partial charge on any atom is -0.370 e. The highest BCUT2D eigenvalue weighted by molar-refractivity contribution is 5.96. The second-order valence-electron chi connectivity index (χ2n) is 10.2. The predicted molar refractivity (Wildman–Crippen MR) is 153 cm³/mol. The Morgan fingerprint density at radius 2 is 1.59 bits per heavy atom. The number of piperazine rings is 1. The maximum atomic E-state index is 12.9. The molecule has 0 radical (unpaired) electrons. The van der Waals surface area contributed by atoms with Crippen molar-refractivity contribution in [1.82, 2.24) is 19.4 Å². The highest BCUT2D eigenvalue weighted by Gasteiger charge is 2.27. The summed E-state index contributed by atoms with van der Waals surface area (Å²) in [7, 11) is 0. The van der Waals surface area contributed by atoms with Crippen molar-refractivity contribution in [3.05, 3.63) is 114 Å². The third-order valence-electron chi connectivity index (χ3n) is 7.84. The van der Waals surface area contributed by atoms with Gasteiger partial charge in [0.25, 0.3) is 5.91 Å². The van der Waals surface area contributed by atoms with Crippen LogP contribution in [0.15, 0.2) is 97.6 Å². The van der Waals surface area contributed by atoms with Gasteiger partial charge in [0.15, 0.2) is 0 Å². The molecule has 3 heterocycles. The number of fused-ring (bicyclic) bond motifs is 1. The Hall–Kier alpha value is -3.78. The van der Waals surface area contributed by atoms with Crippen molar-refractivity contribution < 1.29 is 9.53 Å². The fourth-order valence-electron chi connectivity index (χ4n) is 5.78. The maximum Gasteiger partial charge on any atom is 0.252 e. The molecule has 7 heteroatoms. The Bertz CT molecular complexity index is 1310. The minimum atomic E-state index is 0.0301. The van der Waals surface area contributed by atoms with Gasteiger partial charge in [-0.1, -0.05) is 60.7 Å². The number of rotatable bonds is 9. The molecule has 2 aliphatic rings. The lowest BCUT2D eigenvalue weighted by atomic mass is 9.96. The quantitative estimate of drug-likeness (QED) is 0.309. The molecule has 1 aromatic heterocycles. The molecular weight excluding hydrogens is 486 g/mol. The number of anilines is 1. The average Bonchev–Trinajstić information content (AvgIpc) is 3.68. The van der Waals surface area contributed by atoms with Gasteiger partial charge in [0.1, 0.15) is 6.61 Å². The number of hydrogen-bond donors (Lipinski definition) is 0. The summed E-state index contributed by atoms with van der Waals surface area (Å²) in [6.45, 7) is 6.21. The van der Waals surface area contributed by atoms with E-state index < -0.39 is 0 Å². The smallest absolute Gasteiger partial charge is 0.252 e. The predicted octanol–water partition coefficient (Wildman–Crippen LogP) is 4.19. The maximum absolute atomic E-state index is 12.9. The molecule has 0 unspecified atom stereocenters. The number of nitrogens with zero attached hydrogens (tertiary/aromatic N) is 5. The Labute approximate surface area is 230 Å². The van der Waals surface area contributed by atoms with Gasteiger partial charge in [-0.15, -0.1) is 0 Å². The molecule has 0 atom stereocenters. The molecule has 1 fully saturated rings. The summed E-state index contributed by atoms with van der Waals surface area (Å²) in [6.07, 6.45) is 6.35. The fraction of sp³-hybridized carbons (Fsp3) is 0.312. The lowest BCUT2D eigenvalue weighted by Crippen LogP contribution is -2.48. The van der Waals surface area contributed by atoms with Crippen LogP contribution in [0.2, 0.25) is 0 Å². The van der Waals surface area contributed by atoms with E-state index in [2.05, 4.69) is 81.5 Å². The number of ether oxygens (including phenoxy) is 1. The number of carbonyl (C=O) groups is 1. The molecule has 0 spiro atoms. The number of amides is 1. The summed E-state index contributed by atoms with van der Waals surface area (Å²) in [5, 5.41) is 0. The second-order valence-corrected chi connectivity index (χ2v) is 10.2. The number of carbonyl (C=O) groups excluding carboxylic acids is 1. The lowest BCUT2D eigenvalue weighted by molar-refractivity contribution is -0.123. The van der Waals surface area contributed by atoms with E-state index in [1.807, 2.05) is 27.8 Å². The fourth-order valence-corrected chi connectivity index (χ4v) is 5.78. The van der Waals surface area contributed by atoms with E-state index >= 15 is 0 Å². The standard InChI is InChI=1S/C32H35N5O2/c38-31(37-15-13-28-23-29(11-12-30(28)37)36-16-14-33-25-36)24-39-22-21-34-17-19-35(20-18-34)32(26-7-3-1-4-8-26)27-9-5-2-6-10-27/h1-12,14,16,23,25,32H,13,15,17-22,24H2. The third kappa shape index (κ3) is 5.81. The van der Waals surface area contributed by atoms with Gasteiger partial charge in [-0.3, -0.25) is 14.6 Å². The third-order valence-corrected chi connectivity index (χ3v) is 7.84. The van der Waals surface area contributed by atoms with Crippen LogP contribution in [-0.2, 0) is 16.0 Å². The lowest BCUT2D eigenvalue weighted by Gasteiger charge is -2.39. The van der Waals surface area contributed by atoms with E-state index in [-0.39, 0.29) is 18.6 Å². The molecule has 7 nitrogen and oxygen atoms in total. The van der Waals surface area contributed by atoms with E-state index in [9.17, 15) is 4.79 Å². The SMILES string of the molecule is O=C(COCCN1CCN(C(c2ccccc2)c2ccccc2)CC1)N1CCc2cc(-n3ccnc3)ccc21. The van der Waals surface area contributed by atoms with Crippen LogP contribution < -0.4 is 4.90 Å². The van der Waals surface area contributed by atoms with Gasteiger partial charge < -0.3 is 14.2 Å². The van der Waals surface area contributed by atoms with Gasteiger partial charge in [0.05, 0.1) is 19.0 Å². The summed E-state index contributed by atoms with van der Waals surface area (Å²) in [5.41, 5.74) is 5.92. The first-order valence-corrected chi connectivity index (χ1v) is 13.8. The van der Waals surface area contributed by atoms with Gasteiger partial charge in [0.2, 0.25) is 0 Å². The molecule has 2 aliphatic heterocycles. The molecule has 39 heavy (non-hydrogen) atoms. The normalized spacial score (nSPS) is 16.1. The average molecular weight is 522 g/mol. The molecule has 3 aromatic carbocycles. The molecule has 200 valence electrons. The van der Waals surface area contributed by atoms with E-state index in [1.165, 1.54) is 16.7 Å². The Morgan fingerprint density at radius 3 is 2.26 bits per heavy atom. The molecular formula is C32H35N5O2. The zero-order valence-electron chi connectivity index (χ0n) is 22.2. The van der Waals surface area contributed by atoms with E-state index in [4.69, 9.17) is 4.74 Å². The molecule has 6 rings (SSSR count). The molecule has 1 saturated heterocycles. The first-order valence-electron chi connectivity index (χ1n) is 13.8. The molecule has 0 saturated carbocycles. The van der Waals surface area contributed by atoms with Gasteiger partial charge >= 0.3 is 0 Å². The molecule has 1 amide bonds. The van der Waals surface area contributed by atoms with Crippen LogP contribution in [0.3, 0.4) is 0 Å². The monoisotopic (exact) mass is 521 g/mol. The summed E-state index contributed by atoms with van der Waals surface area (Å²) >= 11 is 0. The molecule has 0 N–H and O–H groups in total. The van der Waals surface area contributed by atoms with Gasteiger partial charge in [0, 0.05) is 63.0 Å². The van der Waals surface area contributed by atoms with Crippen molar-refractivity contribution in [2.75, 3.05) is 57.4 Å². The summed E-state index contributed by atoms with van der Waals surface area (Å²) in [5.74, 6) is 0.0301. The highest BCUT2D eigenvalue weighted by atomic mass is 16.5. The first kappa shape index (κ1) is 25.5. The van der Waals surface area contributed by atoms with Gasteiger partial charge in [-0.05, 0) is 41.3 Å².